The van der Waals surface area contributed by atoms with E-state index in [-0.39, 0.29) is 12.4 Å². The van der Waals surface area contributed by atoms with Gasteiger partial charge in [-0.2, -0.15) is 0 Å². The fraction of sp³-hybridized carbons (Fsp3) is 0.391. The Labute approximate surface area is 167 Å². The molecule has 1 N–H and O–H groups in total. The fourth-order valence-corrected chi connectivity index (χ4v) is 3.17. The first kappa shape index (κ1) is 21.5. The highest BCUT2D eigenvalue weighted by Gasteiger charge is 2.34. The van der Waals surface area contributed by atoms with Gasteiger partial charge in [-0.1, -0.05) is 43.7 Å². The molecule has 0 aliphatic rings. The Balaban J connectivity index is 2.32. The summed E-state index contributed by atoms with van der Waals surface area (Å²) < 4.78 is 5.29. The van der Waals surface area contributed by atoms with Gasteiger partial charge in [0.25, 0.3) is 0 Å². The predicted molar refractivity (Wildman–Crippen MR) is 114 cm³/mol. The van der Waals surface area contributed by atoms with Gasteiger partial charge < -0.3 is 15.0 Å². The number of carbonyl (C=O) groups excluding carboxylic acids is 2. The van der Waals surface area contributed by atoms with Crippen molar-refractivity contribution in [2.24, 2.45) is 5.92 Å². The van der Waals surface area contributed by atoms with Gasteiger partial charge in [0.15, 0.2) is 5.78 Å². The average Bonchev–Trinajstić information content (AvgIpc) is 2.71. The van der Waals surface area contributed by atoms with Gasteiger partial charge in [-0.05, 0) is 37.6 Å². The lowest BCUT2D eigenvalue weighted by atomic mass is 9.86. The summed E-state index contributed by atoms with van der Waals surface area (Å²) in [6, 6.07) is 16.2. The van der Waals surface area contributed by atoms with Crippen molar-refractivity contribution >= 4 is 23.1 Å². The second-order valence-electron chi connectivity index (χ2n) is 6.94. The van der Waals surface area contributed by atoms with Gasteiger partial charge >= 0.3 is 5.97 Å². The Morgan fingerprint density at radius 1 is 1.00 bits per heavy atom. The van der Waals surface area contributed by atoms with E-state index in [4.69, 9.17) is 4.74 Å². The maximum atomic E-state index is 13.2. The minimum atomic E-state index is -0.738. The van der Waals surface area contributed by atoms with E-state index >= 15 is 0 Å². The molecule has 0 saturated carbocycles. The molecule has 2 aromatic carbocycles. The number of carbonyl (C=O) groups is 2. The number of hydrogen-bond acceptors (Lipinski definition) is 5. The van der Waals surface area contributed by atoms with Crippen LogP contribution in [0.5, 0.6) is 0 Å². The predicted octanol–water partition coefficient (Wildman–Crippen LogP) is 4.40. The molecule has 0 amide bonds. The summed E-state index contributed by atoms with van der Waals surface area (Å²) in [6.45, 7) is 4.06. The highest BCUT2D eigenvalue weighted by atomic mass is 16.5. The SMILES string of the molecule is CCCC(C(=O)c1ccccc1)C(Nc1ccc(N(C)C)cc1)C(=O)OCC. The van der Waals surface area contributed by atoms with Crippen molar-refractivity contribution in [2.75, 3.05) is 30.9 Å². The number of ether oxygens (including phenoxy) is 1. The second-order valence-corrected chi connectivity index (χ2v) is 6.94. The van der Waals surface area contributed by atoms with E-state index in [1.54, 1.807) is 19.1 Å². The third-order valence-electron chi connectivity index (χ3n) is 4.64. The molecule has 0 aromatic heterocycles. The standard InChI is InChI=1S/C23H30N2O3/c1-5-10-20(22(26)17-11-8-7-9-12-17)21(23(27)28-6-2)24-18-13-15-19(16-14-18)25(3)4/h7-9,11-16,20-21,24H,5-6,10H2,1-4H3. The van der Waals surface area contributed by atoms with Gasteiger partial charge in [0.05, 0.1) is 12.5 Å². The van der Waals surface area contributed by atoms with Crippen molar-refractivity contribution in [3.63, 3.8) is 0 Å². The number of nitrogens with zero attached hydrogens (tertiary/aromatic N) is 1. The van der Waals surface area contributed by atoms with Crippen molar-refractivity contribution in [3.05, 3.63) is 60.2 Å². The highest BCUT2D eigenvalue weighted by molar-refractivity contribution is 6.01. The molecule has 2 unspecified atom stereocenters. The van der Waals surface area contributed by atoms with Crippen LogP contribution in [0.25, 0.3) is 0 Å². The molecular weight excluding hydrogens is 352 g/mol. The van der Waals surface area contributed by atoms with E-state index in [1.165, 1.54) is 0 Å². The number of anilines is 2. The molecule has 0 aliphatic heterocycles. The van der Waals surface area contributed by atoms with E-state index in [9.17, 15) is 9.59 Å². The molecule has 0 saturated heterocycles. The van der Waals surface area contributed by atoms with Crippen LogP contribution in [0, 0.1) is 5.92 Å². The van der Waals surface area contributed by atoms with Gasteiger partial charge in [0.1, 0.15) is 6.04 Å². The molecule has 5 nitrogen and oxygen atoms in total. The zero-order valence-corrected chi connectivity index (χ0v) is 17.1. The molecule has 0 spiro atoms. The van der Waals surface area contributed by atoms with Crippen molar-refractivity contribution in [1.82, 2.24) is 0 Å². The average molecular weight is 383 g/mol. The summed E-state index contributed by atoms with van der Waals surface area (Å²) in [4.78, 5) is 27.9. The van der Waals surface area contributed by atoms with Crippen LogP contribution in [0.3, 0.4) is 0 Å². The molecular formula is C23H30N2O3. The lowest BCUT2D eigenvalue weighted by Crippen LogP contribution is -2.42. The van der Waals surface area contributed by atoms with Crippen LogP contribution in [0.4, 0.5) is 11.4 Å². The van der Waals surface area contributed by atoms with E-state index in [0.717, 1.165) is 17.8 Å². The number of rotatable bonds is 10. The minimum absolute atomic E-state index is 0.0436. The van der Waals surface area contributed by atoms with Crippen LogP contribution in [-0.4, -0.2) is 38.5 Å². The van der Waals surface area contributed by atoms with Gasteiger partial charge in [0, 0.05) is 31.0 Å². The highest BCUT2D eigenvalue weighted by Crippen LogP contribution is 2.24. The third kappa shape index (κ3) is 5.59. The maximum absolute atomic E-state index is 13.2. The summed E-state index contributed by atoms with van der Waals surface area (Å²) in [5.41, 5.74) is 2.45. The summed E-state index contributed by atoms with van der Waals surface area (Å²) in [6.07, 6.45) is 1.39. The Hall–Kier alpha value is -2.82. The van der Waals surface area contributed by atoms with Gasteiger partial charge in [-0.3, -0.25) is 4.79 Å². The normalized spacial score (nSPS) is 12.7. The number of nitrogens with one attached hydrogen (secondary N) is 1. The molecule has 2 aromatic rings. The number of hydrogen-bond donors (Lipinski definition) is 1. The molecule has 28 heavy (non-hydrogen) atoms. The van der Waals surface area contributed by atoms with Gasteiger partial charge in [-0.25, -0.2) is 4.79 Å². The first-order valence-electron chi connectivity index (χ1n) is 9.77. The lowest BCUT2D eigenvalue weighted by Gasteiger charge is -2.26. The van der Waals surface area contributed by atoms with Crippen molar-refractivity contribution in [3.8, 4) is 0 Å². The zero-order chi connectivity index (χ0) is 20.5. The van der Waals surface area contributed by atoms with E-state index in [1.807, 2.05) is 68.4 Å². The summed E-state index contributed by atoms with van der Waals surface area (Å²) in [5, 5.41) is 3.25. The first-order chi connectivity index (χ1) is 13.5. The number of esters is 1. The largest absolute Gasteiger partial charge is 0.464 e. The molecule has 0 fully saturated rings. The van der Waals surface area contributed by atoms with Gasteiger partial charge in [0.2, 0.25) is 0 Å². The Morgan fingerprint density at radius 3 is 2.18 bits per heavy atom. The molecule has 2 atom stereocenters. The Bertz CT molecular complexity index is 757. The Morgan fingerprint density at radius 2 is 1.64 bits per heavy atom. The van der Waals surface area contributed by atoms with Gasteiger partial charge in [-0.15, -0.1) is 0 Å². The molecule has 150 valence electrons. The van der Waals surface area contributed by atoms with Crippen LogP contribution in [0.2, 0.25) is 0 Å². The van der Waals surface area contributed by atoms with Crippen LogP contribution >= 0.6 is 0 Å². The van der Waals surface area contributed by atoms with Crippen LogP contribution in [-0.2, 0) is 9.53 Å². The smallest absolute Gasteiger partial charge is 0.329 e. The maximum Gasteiger partial charge on any atom is 0.329 e. The molecule has 0 heterocycles. The van der Waals surface area contributed by atoms with Crippen molar-refractivity contribution < 1.29 is 14.3 Å². The Kier molecular flexibility index (Phi) is 8.05. The van der Waals surface area contributed by atoms with E-state index < -0.39 is 17.9 Å². The van der Waals surface area contributed by atoms with Crippen LogP contribution < -0.4 is 10.2 Å². The number of Topliss-reactive ketones (excluding diaryl/α,β-unsaturated/α-hetero) is 1. The van der Waals surface area contributed by atoms with Crippen molar-refractivity contribution in [2.45, 2.75) is 32.7 Å². The minimum Gasteiger partial charge on any atom is -0.464 e. The van der Waals surface area contributed by atoms with Crippen molar-refractivity contribution in [1.29, 1.82) is 0 Å². The lowest BCUT2D eigenvalue weighted by molar-refractivity contribution is -0.145. The molecule has 0 aliphatic carbocycles. The van der Waals surface area contributed by atoms with E-state index in [2.05, 4.69) is 5.32 Å². The molecule has 0 bridgehead atoms. The summed E-state index contributed by atoms with van der Waals surface area (Å²) in [7, 11) is 3.94. The molecule has 2 rings (SSSR count). The zero-order valence-electron chi connectivity index (χ0n) is 17.1. The quantitative estimate of drug-likeness (QED) is 0.488. The first-order valence-corrected chi connectivity index (χ1v) is 9.77. The fourth-order valence-electron chi connectivity index (χ4n) is 3.17. The number of ketones is 1. The summed E-state index contributed by atoms with van der Waals surface area (Å²) in [5.74, 6) is -0.945. The molecule has 5 heteroatoms. The molecule has 0 radical (unpaired) electrons. The van der Waals surface area contributed by atoms with Crippen LogP contribution in [0.1, 0.15) is 37.0 Å². The number of benzene rings is 2. The topological polar surface area (TPSA) is 58.6 Å². The second kappa shape index (κ2) is 10.5. The third-order valence-corrected chi connectivity index (χ3v) is 4.64. The van der Waals surface area contributed by atoms with E-state index in [0.29, 0.717) is 12.0 Å². The monoisotopic (exact) mass is 382 g/mol. The van der Waals surface area contributed by atoms with Crippen LogP contribution in [0.15, 0.2) is 54.6 Å². The summed E-state index contributed by atoms with van der Waals surface area (Å²) >= 11 is 0.